The number of cyclic esters (lactones) is 1. The van der Waals surface area contributed by atoms with E-state index in [2.05, 4.69) is 0 Å². The van der Waals surface area contributed by atoms with Gasteiger partial charge >= 0.3 is 29.8 Å². The van der Waals surface area contributed by atoms with Crippen molar-refractivity contribution in [1.29, 1.82) is 0 Å². The molecule has 0 radical (unpaired) electrons. The van der Waals surface area contributed by atoms with Crippen LogP contribution in [-0.4, -0.2) is 79.3 Å². The quantitative estimate of drug-likeness (QED) is 0.140. The molecule has 8 saturated carbocycles. The van der Waals surface area contributed by atoms with Crippen LogP contribution in [0, 0.1) is 39.4 Å². The Balaban J connectivity index is 0.00000341. The van der Waals surface area contributed by atoms with Crippen LogP contribution in [-0.2, 0) is 47.7 Å². The Morgan fingerprint density at radius 1 is 0.625 bits per heavy atom. The summed E-state index contributed by atoms with van der Waals surface area (Å²) in [7, 11) is 0. The number of hydrogen-bond acceptors (Lipinski definition) is 12. The lowest BCUT2D eigenvalue weighted by Gasteiger charge is -2.63. The van der Waals surface area contributed by atoms with Crippen molar-refractivity contribution in [3.05, 3.63) is 0 Å². The third kappa shape index (κ3) is 10.5. The maximum absolute atomic E-state index is 15.1. The summed E-state index contributed by atoms with van der Waals surface area (Å²) >= 11 is 0. The van der Waals surface area contributed by atoms with Crippen molar-refractivity contribution in [2.45, 2.75) is 263 Å². The second-order valence-corrected chi connectivity index (χ2v) is 23.8. The van der Waals surface area contributed by atoms with Gasteiger partial charge in [-0.25, -0.2) is 0 Å². The summed E-state index contributed by atoms with van der Waals surface area (Å²) in [5.74, 6) is -2.03. The van der Waals surface area contributed by atoms with E-state index in [1.807, 2.05) is 27.7 Å². The predicted octanol–water partition coefficient (Wildman–Crippen LogP) is 11.0. The molecule has 9 fully saturated rings. The first kappa shape index (κ1) is 59.3. The van der Waals surface area contributed by atoms with Gasteiger partial charge in [0.1, 0.15) is 22.4 Å². The summed E-state index contributed by atoms with van der Waals surface area (Å²) in [5.41, 5.74) is -12.0. The molecule has 0 aromatic carbocycles. The topological polar surface area (TPSA) is 172 Å². The van der Waals surface area contributed by atoms with Gasteiger partial charge in [-0.15, -0.1) is 0 Å². The standard InChI is InChI=1S/C46H70O12.6CH4/c1-12-39(9,33(49)58-46-20-30-14-42(25-46,24-44(53,17-30)27-46)35(51)55-36(2,3)4)23-40(10,22-37(5,6)32(48)56-41(11)21-31(47)54-38(41,7)8)34(50)57-45-18-28-13-29(19-45)16-43(52,15-28)26-45;;;;;;/h28-30,52-53H,12-27H2,1-11H3;6*1H4. The minimum Gasteiger partial charge on any atom is -0.460 e. The van der Waals surface area contributed by atoms with E-state index < -0.39 is 84.7 Å². The molecule has 9 aliphatic rings. The number of aliphatic hydroxyl groups is 2. The number of carbonyl (C=O) groups is 5. The van der Waals surface area contributed by atoms with Gasteiger partial charge < -0.3 is 33.9 Å². The molecule has 8 aliphatic carbocycles. The summed E-state index contributed by atoms with van der Waals surface area (Å²) < 4.78 is 30.8. The zero-order valence-electron chi connectivity index (χ0n) is 37.0. The number of carbonyl (C=O) groups excluding carboxylic acids is 5. The van der Waals surface area contributed by atoms with Gasteiger partial charge in [0.2, 0.25) is 0 Å². The van der Waals surface area contributed by atoms with Gasteiger partial charge in [0.15, 0.2) is 5.60 Å². The molecule has 9 atom stereocenters. The fraction of sp³-hybridized carbons (Fsp3) is 0.904. The van der Waals surface area contributed by atoms with Crippen molar-refractivity contribution >= 4 is 29.8 Å². The number of esters is 5. The van der Waals surface area contributed by atoms with Crippen LogP contribution in [0.15, 0.2) is 0 Å². The highest BCUT2D eigenvalue weighted by molar-refractivity contribution is 5.84. The van der Waals surface area contributed by atoms with E-state index in [0.717, 1.165) is 6.42 Å². The largest absolute Gasteiger partial charge is 0.460 e. The van der Waals surface area contributed by atoms with E-state index in [0.29, 0.717) is 57.8 Å². The third-order valence-corrected chi connectivity index (χ3v) is 15.8. The van der Waals surface area contributed by atoms with E-state index in [9.17, 15) is 29.4 Å². The summed E-state index contributed by atoms with van der Waals surface area (Å²) in [6, 6.07) is 0. The van der Waals surface area contributed by atoms with E-state index in [4.69, 9.17) is 23.7 Å². The van der Waals surface area contributed by atoms with Crippen molar-refractivity contribution in [1.82, 2.24) is 0 Å². The van der Waals surface area contributed by atoms with Gasteiger partial charge in [-0.1, -0.05) is 51.5 Å². The minimum absolute atomic E-state index is 0. The molecule has 12 heteroatoms. The molecule has 374 valence electrons. The fourth-order valence-electron chi connectivity index (χ4n) is 13.8. The average molecular weight is 911 g/mol. The van der Waals surface area contributed by atoms with Crippen molar-refractivity contribution < 1.29 is 57.9 Å². The second-order valence-electron chi connectivity index (χ2n) is 23.8. The maximum atomic E-state index is 15.1. The zero-order valence-corrected chi connectivity index (χ0v) is 37.0. The molecular weight excluding hydrogens is 817 g/mol. The van der Waals surface area contributed by atoms with Crippen LogP contribution in [0.3, 0.4) is 0 Å². The minimum atomic E-state index is -1.42. The molecule has 0 amide bonds. The smallest absolute Gasteiger partial charge is 0.312 e. The first-order chi connectivity index (χ1) is 26.3. The molecule has 0 aromatic rings. The van der Waals surface area contributed by atoms with Crippen molar-refractivity contribution in [3.63, 3.8) is 0 Å². The van der Waals surface area contributed by atoms with E-state index in [1.165, 1.54) is 0 Å². The first-order valence-corrected chi connectivity index (χ1v) is 21.9. The Morgan fingerprint density at radius 2 is 1.12 bits per heavy atom. The van der Waals surface area contributed by atoms with Crippen LogP contribution in [0.5, 0.6) is 0 Å². The molecule has 9 unspecified atom stereocenters. The molecule has 1 aliphatic heterocycles. The van der Waals surface area contributed by atoms with E-state index in [1.54, 1.807) is 48.5 Å². The Bertz CT molecular complexity index is 1750. The van der Waals surface area contributed by atoms with Gasteiger partial charge in [0.05, 0.1) is 39.3 Å². The van der Waals surface area contributed by atoms with Crippen LogP contribution >= 0.6 is 0 Å². The van der Waals surface area contributed by atoms with Gasteiger partial charge in [-0.2, -0.15) is 0 Å². The molecule has 64 heavy (non-hydrogen) atoms. The molecule has 12 nitrogen and oxygen atoms in total. The fourth-order valence-corrected chi connectivity index (χ4v) is 13.8. The third-order valence-electron chi connectivity index (χ3n) is 15.8. The Labute approximate surface area is 388 Å². The lowest BCUT2D eigenvalue weighted by molar-refractivity contribution is -0.254. The van der Waals surface area contributed by atoms with Gasteiger partial charge in [-0.3, -0.25) is 24.0 Å². The SMILES string of the molecule is C.C.C.C.C.C.CCC(C)(CC(C)(CC(C)(C)C(=O)OC1(C)CC(=O)OC1(C)C)C(=O)OC12CC3CC(CC(O)(C3)C1)C2)C(=O)OC12CC3CC(O)(C1)CC(C(=O)OC(C)(C)C)(C3)C2. The molecule has 1 heterocycles. The normalized spacial score (nSPS) is 37.7. The monoisotopic (exact) mass is 911 g/mol. The molecular formula is C52H94O12. The molecule has 8 bridgehead atoms. The number of rotatable bonds is 12. The number of hydrogen-bond donors (Lipinski definition) is 2. The van der Waals surface area contributed by atoms with Crippen LogP contribution in [0.2, 0.25) is 0 Å². The molecule has 0 aromatic heterocycles. The summed E-state index contributed by atoms with van der Waals surface area (Å²) in [6.07, 6.45) is 6.59. The van der Waals surface area contributed by atoms with Gasteiger partial charge in [0, 0.05) is 19.3 Å². The highest BCUT2D eigenvalue weighted by atomic mass is 16.6. The summed E-state index contributed by atoms with van der Waals surface area (Å²) in [6.45, 7) is 19.4. The van der Waals surface area contributed by atoms with Crippen LogP contribution in [0.1, 0.15) is 223 Å². The van der Waals surface area contributed by atoms with Crippen molar-refractivity contribution in [2.75, 3.05) is 0 Å². The highest BCUT2D eigenvalue weighted by Crippen LogP contribution is 2.66. The molecule has 1 saturated heterocycles. The molecule has 2 N–H and O–H groups in total. The highest BCUT2D eigenvalue weighted by Gasteiger charge is 2.69. The van der Waals surface area contributed by atoms with Gasteiger partial charge in [0.25, 0.3) is 0 Å². The van der Waals surface area contributed by atoms with Crippen LogP contribution < -0.4 is 0 Å². The Morgan fingerprint density at radius 3 is 1.61 bits per heavy atom. The molecule has 0 spiro atoms. The Hall–Kier alpha value is -2.73. The second kappa shape index (κ2) is 18.1. The molecule has 9 rings (SSSR count). The maximum Gasteiger partial charge on any atom is 0.312 e. The lowest BCUT2D eigenvalue weighted by atomic mass is 9.46. The first-order valence-electron chi connectivity index (χ1n) is 21.9. The summed E-state index contributed by atoms with van der Waals surface area (Å²) in [4.78, 5) is 70.4. The van der Waals surface area contributed by atoms with Crippen molar-refractivity contribution in [2.24, 2.45) is 39.4 Å². The predicted molar refractivity (Wildman–Crippen MR) is 251 cm³/mol. The Kier molecular flexibility index (Phi) is 16.7. The average Bonchev–Trinajstić information content (AvgIpc) is 3.21. The van der Waals surface area contributed by atoms with E-state index in [-0.39, 0.29) is 107 Å². The summed E-state index contributed by atoms with van der Waals surface area (Å²) in [5, 5.41) is 23.4. The van der Waals surface area contributed by atoms with E-state index >= 15 is 4.79 Å². The van der Waals surface area contributed by atoms with Crippen LogP contribution in [0.4, 0.5) is 0 Å². The number of ether oxygens (including phenoxy) is 5. The lowest BCUT2D eigenvalue weighted by Crippen LogP contribution is -2.67. The van der Waals surface area contributed by atoms with Crippen molar-refractivity contribution in [3.8, 4) is 0 Å². The van der Waals surface area contributed by atoms with Gasteiger partial charge in [-0.05, 0) is 164 Å². The zero-order chi connectivity index (χ0) is 43.0. The van der Waals surface area contributed by atoms with Crippen LogP contribution in [0.25, 0.3) is 0 Å².